The predicted molar refractivity (Wildman–Crippen MR) is 74.7 cm³/mol. The molecule has 0 fully saturated rings. The van der Waals surface area contributed by atoms with Gasteiger partial charge in [-0.15, -0.1) is 0 Å². The third-order valence-corrected chi connectivity index (χ3v) is 2.96. The van der Waals surface area contributed by atoms with Gasteiger partial charge in [-0.05, 0) is 46.9 Å². The van der Waals surface area contributed by atoms with Crippen molar-refractivity contribution in [3.05, 3.63) is 57.4 Å². The van der Waals surface area contributed by atoms with Crippen LogP contribution in [0.1, 0.15) is 15.9 Å². The van der Waals surface area contributed by atoms with E-state index in [1.54, 1.807) is 24.5 Å². The van der Waals surface area contributed by atoms with Crippen molar-refractivity contribution in [3.8, 4) is 5.75 Å². The molecule has 18 heavy (non-hydrogen) atoms. The Balaban J connectivity index is 2.17. The zero-order chi connectivity index (χ0) is 13.0. The average molecular weight is 355 g/mol. The highest BCUT2D eigenvalue weighted by atomic mass is 127. The van der Waals surface area contributed by atoms with E-state index in [9.17, 15) is 4.79 Å². The lowest BCUT2D eigenvalue weighted by molar-refractivity contribution is 0.0691. The number of halogens is 1. The average Bonchev–Trinajstić information content (AvgIpc) is 2.38. The fourth-order valence-electron chi connectivity index (χ4n) is 1.44. The van der Waals surface area contributed by atoms with Crippen LogP contribution in [0.3, 0.4) is 0 Å². The molecule has 0 unspecified atom stereocenters. The largest absolute Gasteiger partial charge is 0.488 e. The first-order valence-electron chi connectivity index (χ1n) is 5.21. The summed E-state index contributed by atoms with van der Waals surface area (Å²) in [5, 5.41) is 9.09. The quantitative estimate of drug-likeness (QED) is 0.857. The fourth-order valence-corrected chi connectivity index (χ4v) is 1.93. The second-order valence-electron chi connectivity index (χ2n) is 3.60. The van der Waals surface area contributed by atoms with Gasteiger partial charge in [-0.2, -0.15) is 0 Å². The third kappa shape index (κ3) is 3.19. The number of hydrogen-bond acceptors (Lipinski definition) is 3. The van der Waals surface area contributed by atoms with Gasteiger partial charge in [-0.25, -0.2) is 4.79 Å². The van der Waals surface area contributed by atoms with Gasteiger partial charge >= 0.3 is 5.97 Å². The molecule has 1 aromatic heterocycles. The van der Waals surface area contributed by atoms with Crippen LogP contribution in [0.5, 0.6) is 5.75 Å². The van der Waals surface area contributed by atoms with E-state index in [2.05, 4.69) is 27.6 Å². The molecule has 0 saturated carbocycles. The maximum atomic E-state index is 11.1. The van der Waals surface area contributed by atoms with Gasteiger partial charge in [-0.3, -0.25) is 4.98 Å². The number of aromatic carboxylic acids is 1. The van der Waals surface area contributed by atoms with Crippen molar-refractivity contribution < 1.29 is 14.6 Å². The molecule has 0 aliphatic rings. The smallest absolute Gasteiger partial charge is 0.339 e. The molecule has 0 saturated heterocycles. The van der Waals surface area contributed by atoms with Crippen molar-refractivity contribution in [2.24, 2.45) is 0 Å². The molecule has 4 nitrogen and oxygen atoms in total. The molecule has 92 valence electrons. The van der Waals surface area contributed by atoms with Crippen LogP contribution in [-0.2, 0) is 6.61 Å². The summed E-state index contributed by atoms with van der Waals surface area (Å²) in [6.07, 6.45) is 3.37. The molecule has 1 aromatic carbocycles. The first-order valence-corrected chi connectivity index (χ1v) is 6.29. The molecule has 2 aromatic rings. The van der Waals surface area contributed by atoms with Crippen LogP contribution in [0.15, 0.2) is 42.7 Å². The maximum Gasteiger partial charge on any atom is 0.339 e. The Hall–Kier alpha value is -1.63. The minimum atomic E-state index is -0.991. The van der Waals surface area contributed by atoms with Crippen LogP contribution >= 0.6 is 22.6 Å². The Morgan fingerprint density at radius 2 is 2.22 bits per heavy atom. The normalized spacial score (nSPS) is 10.1. The zero-order valence-corrected chi connectivity index (χ0v) is 11.5. The summed E-state index contributed by atoms with van der Waals surface area (Å²) in [6.45, 7) is 0.300. The molecule has 0 bridgehead atoms. The highest BCUT2D eigenvalue weighted by Crippen LogP contribution is 2.22. The number of benzene rings is 1. The number of carboxylic acid groups (broad SMARTS) is 1. The van der Waals surface area contributed by atoms with Crippen molar-refractivity contribution in [1.29, 1.82) is 0 Å². The molecule has 0 aliphatic heterocycles. The first-order chi connectivity index (χ1) is 8.66. The summed E-state index contributed by atoms with van der Waals surface area (Å²) in [5.74, 6) is -0.624. The number of carbonyl (C=O) groups is 1. The van der Waals surface area contributed by atoms with Crippen LogP contribution < -0.4 is 4.74 Å². The molecule has 1 N–H and O–H groups in total. The number of aromatic nitrogens is 1. The molecule has 0 atom stereocenters. The van der Waals surface area contributed by atoms with E-state index in [0.717, 1.165) is 9.13 Å². The summed E-state index contributed by atoms with van der Waals surface area (Å²) >= 11 is 2.07. The Kier molecular flexibility index (Phi) is 4.14. The van der Waals surface area contributed by atoms with Gasteiger partial charge < -0.3 is 9.84 Å². The van der Waals surface area contributed by atoms with Crippen LogP contribution in [0.4, 0.5) is 0 Å². The number of ether oxygens (including phenoxy) is 1. The molecule has 0 spiro atoms. The second kappa shape index (κ2) is 5.81. The van der Waals surface area contributed by atoms with E-state index in [1.165, 1.54) is 0 Å². The predicted octanol–water partition coefficient (Wildman–Crippen LogP) is 2.96. The molecule has 0 aliphatic carbocycles. The standard InChI is InChI=1S/C13H10INO3/c14-10-3-4-12(11(6-10)13(16)17)18-8-9-2-1-5-15-7-9/h1-7H,8H2,(H,16,17). The van der Waals surface area contributed by atoms with Crippen molar-refractivity contribution in [2.75, 3.05) is 0 Å². The van der Waals surface area contributed by atoms with Gasteiger partial charge in [0.05, 0.1) is 0 Å². The van der Waals surface area contributed by atoms with E-state index >= 15 is 0 Å². The Morgan fingerprint density at radius 3 is 2.89 bits per heavy atom. The van der Waals surface area contributed by atoms with Gasteiger partial charge in [0.1, 0.15) is 17.9 Å². The van der Waals surface area contributed by atoms with E-state index in [-0.39, 0.29) is 5.56 Å². The van der Waals surface area contributed by atoms with Gasteiger partial charge in [0, 0.05) is 21.5 Å². The summed E-state index contributed by atoms with van der Waals surface area (Å²) in [5.41, 5.74) is 1.07. The minimum Gasteiger partial charge on any atom is -0.488 e. The molecular weight excluding hydrogens is 345 g/mol. The first kappa shape index (κ1) is 12.8. The lowest BCUT2D eigenvalue weighted by Crippen LogP contribution is -2.04. The zero-order valence-electron chi connectivity index (χ0n) is 9.34. The van der Waals surface area contributed by atoms with Crippen LogP contribution in [0, 0.1) is 3.57 Å². The highest BCUT2D eigenvalue weighted by molar-refractivity contribution is 14.1. The van der Waals surface area contributed by atoms with E-state index in [4.69, 9.17) is 9.84 Å². The minimum absolute atomic E-state index is 0.172. The lowest BCUT2D eigenvalue weighted by atomic mass is 10.2. The van der Waals surface area contributed by atoms with Gasteiger partial charge in [0.2, 0.25) is 0 Å². The lowest BCUT2D eigenvalue weighted by Gasteiger charge is -2.09. The highest BCUT2D eigenvalue weighted by Gasteiger charge is 2.11. The Morgan fingerprint density at radius 1 is 1.39 bits per heavy atom. The number of hydrogen-bond donors (Lipinski definition) is 1. The van der Waals surface area contributed by atoms with Crippen molar-refractivity contribution in [2.45, 2.75) is 6.61 Å². The molecule has 0 radical (unpaired) electrons. The third-order valence-electron chi connectivity index (χ3n) is 2.29. The molecular formula is C13H10INO3. The monoisotopic (exact) mass is 355 g/mol. The number of nitrogens with zero attached hydrogens (tertiary/aromatic N) is 1. The fraction of sp³-hybridized carbons (Fsp3) is 0.0769. The number of rotatable bonds is 4. The van der Waals surface area contributed by atoms with Crippen molar-refractivity contribution in [3.63, 3.8) is 0 Å². The summed E-state index contributed by atoms with van der Waals surface area (Å²) < 4.78 is 6.38. The topological polar surface area (TPSA) is 59.4 Å². The summed E-state index contributed by atoms with van der Waals surface area (Å²) in [6, 6.07) is 8.75. The molecule has 1 heterocycles. The molecule has 0 amide bonds. The van der Waals surface area contributed by atoms with Crippen LogP contribution in [0.2, 0.25) is 0 Å². The SMILES string of the molecule is O=C(O)c1cc(I)ccc1OCc1cccnc1. The maximum absolute atomic E-state index is 11.1. The van der Waals surface area contributed by atoms with E-state index in [0.29, 0.717) is 12.4 Å². The molecule has 5 heteroatoms. The van der Waals surface area contributed by atoms with Crippen LogP contribution in [-0.4, -0.2) is 16.1 Å². The van der Waals surface area contributed by atoms with Crippen molar-refractivity contribution in [1.82, 2.24) is 4.98 Å². The van der Waals surface area contributed by atoms with E-state index in [1.807, 2.05) is 18.2 Å². The number of carboxylic acids is 1. The van der Waals surface area contributed by atoms with Gasteiger partial charge in [-0.1, -0.05) is 6.07 Å². The van der Waals surface area contributed by atoms with E-state index < -0.39 is 5.97 Å². The number of pyridine rings is 1. The Labute approximate surface area is 118 Å². The summed E-state index contributed by atoms with van der Waals surface area (Å²) in [4.78, 5) is 15.1. The summed E-state index contributed by atoms with van der Waals surface area (Å²) in [7, 11) is 0. The second-order valence-corrected chi connectivity index (χ2v) is 4.84. The Bertz CT molecular complexity index is 557. The molecule has 2 rings (SSSR count). The van der Waals surface area contributed by atoms with Crippen molar-refractivity contribution >= 4 is 28.6 Å². The van der Waals surface area contributed by atoms with Gasteiger partial charge in [0.15, 0.2) is 0 Å². The van der Waals surface area contributed by atoms with Gasteiger partial charge in [0.25, 0.3) is 0 Å². The van der Waals surface area contributed by atoms with Crippen LogP contribution in [0.25, 0.3) is 0 Å².